The maximum atomic E-state index is 4.44. The van der Waals surface area contributed by atoms with E-state index in [1.54, 1.807) is 6.33 Å². The van der Waals surface area contributed by atoms with Crippen LogP contribution in [-0.4, -0.2) is 56.0 Å². The highest BCUT2D eigenvalue weighted by Gasteiger charge is 2.41. The standard InChI is InChI=1S/C17H20N8/c1-11-3-4-15(22-21-11)23-6-13-8-24(9-14(13)7-23)16-5-12(2)20-17-18-10-19-25(16)17/h3-5,10,13-14H,6-9H2,1-2H3. The lowest BCUT2D eigenvalue weighted by Gasteiger charge is -2.23. The average molecular weight is 336 g/mol. The summed E-state index contributed by atoms with van der Waals surface area (Å²) in [5.41, 5.74) is 1.93. The zero-order chi connectivity index (χ0) is 17.0. The van der Waals surface area contributed by atoms with Gasteiger partial charge in [0, 0.05) is 49.8 Å². The molecule has 5 heterocycles. The second-order valence-electron chi connectivity index (χ2n) is 7.09. The molecular weight excluding hydrogens is 316 g/mol. The molecule has 2 saturated heterocycles. The van der Waals surface area contributed by atoms with E-state index in [4.69, 9.17) is 0 Å². The fourth-order valence-corrected chi connectivity index (χ4v) is 4.06. The molecule has 0 aliphatic carbocycles. The first-order valence-corrected chi connectivity index (χ1v) is 8.65. The van der Waals surface area contributed by atoms with Crippen molar-refractivity contribution in [1.82, 2.24) is 29.8 Å². The van der Waals surface area contributed by atoms with E-state index in [9.17, 15) is 0 Å². The zero-order valence-corrected chi connectivity index (χ0v) is 14.4. The minimum absolute atomic E-state index is 0.634. The highest BCUT2D eigenvalue weighted by Crippen LogP contribution is 2.35. The smallest absolute Gasteiger partial charge is 0.254 e. The number of rotatable bonds is 2. The summed E-state index contributed by atoms with van der Waals surface area (Å²) in [6.45, 7) is 8.09. The minimum Gasteiger partial charge on any atom is -0.356 e. The molecule has 3 aromatic rings. The first-order chi connectivity index (χ1) is 12.2. The van der Waals surface area contributed by atoms with E-state index < -0.39 is 0 Å². The maximum Gasteiger partial charge on any atom is 0.254 e. The Bertz CT molecular complexity index is 904. The molecule has 25 heavy (non-hydrogen) atoms. The molecule has 0 bridgehead atoms. The van der Waals surface area contributed by atoms with Gasteiger partial charge in [-0.15, -0.1) is 5.10 Å². The Morgan fingerprint density at radius 1 is 0.920 bits per heavy atom. The Kier molecular flexibility index (Phi) is 3.13. The number of hydrogen-bond acceptors (Lipinski definition) is 7. The van der Waals surface area contributed by atoms with Gasteiger partial charge in [0.25, 0.3) is 5.78 Å². The van der Waals surface area contributed by atoms with Crippen LogP contribution >= 0.6 is 0 Å². The van der Waals surface area contributed by atoms with Gasteiger partial charge in [-0.1, -0.05) is 0 Å². The molecule has 2 aliphatic heterocycles. The molecule has 2 fully saturated rings. The summed E-state index contributed by atoms with van der Waals surface area (Å²) < 4.78 is 1.84. The fourth-order valence-electron chi connectivity index (χ4n) is 4.06. The highest BCUT2D eigenvalue weighted by molar-refractivity contribution is 5.49. The SMILES string of the molecule is Cc1ccc(N2CC3CN(c4cc(C)nc5ncnn45)CC3C2)nn1. The van der Waals surface area contributed by atoms with Gasteiger partial charge in [0.1, 0.15) is 12.1 Å². The lowest BCUT2D eigenvalue weighted by molar-refractivity contribution is 0.533. The van der Waals surface area contributed by atoms with Gasteiger partial charge in [0.15, 0.2) is 5.82 Å². The van der Waals surface area contributed by atoms with Gasteiger partial charge >= 0.3 is 0 Å². The predicted molar refractivity (Wildman–Crippen MR) is 93.7 cm³/mol. The largest absolute Gasteiger partial charge is 0.356 e. The molecule has 0 aromatic carbocycles. The molecular formula is C17H20N8. The first-order valence-electron chi connectivity index (χ1n) is 8.65. The lowest BCUT2D eigenvalue weighted by Crippen LogP contribution is -2.30. The molecule has 3 aromatic heterocycles. The number of anilines is 2. The van der Waals surface area contributed by atoms with Gasteiger partial charge < -0.3 is 9.80 Å². The van der Waals surface area contributed by atoms with Crippen molar-refractivity contribution >= 4 is 17.4 Å². The molecule has 8 nitrogen and oxygen atoms in total. The molecule has 0 N–H and O–H groups in total. The van der Waals surface area contributed by atoms with Crippen LogP contribution in [-0.2, 0) is 0 Å². The van der Waals surface area contributed by atoms with Crippen LogP contribution in [0.5, 0.6) is 0 Å². The summed E-state index contributed by atoms with van der Waals surface area (Å²) in [6.07, 6.45) is 1.57. The molecule has 128 valence electrons. The molecule has 0 saturated carbocycles. The van der Waals surface area contributed by atoms with Crippen LogP contribution in [0.2, 0.25) is 0 Å². The Labute approximate surface area is 145 Å². The highest BCUT2D eigenvalue weighted by atomic mass is 15.4. The normalized spacial score (nSPS) is 22.8. The molecule has 2 unspecified atom stereocenters. The summed E-state index contributed by atoms with van der Waals surface area (Å²) in [5, 5.41) is 12.9. The van der Waals surface area contributed by atoms with E-state index >= 15 is 0 Å². The predicted octanol–water partition coefficient (Wildman–Crippen LogP) is 1.10. The van der Waals surface area contributed by atoms with E-state index in [-0.39, 0.29) is 0 Å². The number of nitrogens with zero attached hydrogens (tertiary/aromatic N) is 8. The van der Waals surface area contributed by atoms with Crippen molar-refractivity contribution in [2.75, 3.05) is 36.0 Å². The lowest BCUT2D eigenvalue weighted by atomic mass is 10.0. The Balaban J connectivity index is 1.37. The Hall–Kier alpha value is -2.77. The molecule has 8 heteroatoms. The van der Waals surface area contributed by atoms with Crippen molar-refractivity contribution in [3.05, 3.63) is 35.9 Å². The van der Waals surface area contributed by atoms with Crippen LogP contribution in [0.1, 0.15) is 11.4 Å². The van der Waals surface area contributed by atoms with Crippen LogP contribution < -0.4 is 9.80 Å². The zero-order valence-electron chi connectivity index (χ0n) is 14.4. The summed E-state index contributed by atoms with van der Waals surface area (Å²) >= 11 is 0. The van der Waals surface area contributed by atoms with Crippen molar-refractivity contribution in [2.45, 2.75) is 13.8 Å². The third-order valence-electron chi connectivity index (χ3n) is 5.28. The Morgan fingerprint density at radius 3 is 2.40 bits per heavy atom. The van der Waals surface area contributed by atoms with E-state index in [0.29, 0.717) is 17.6 Å². The van der Waals surface area contributed by atoms with Crippen LogP contribution in [0.15, 0.2) is 24.5 Å². The van der Waals surface area contributed by atoms with Gasteiger partial charge in [-0.25, -0.2) is 4.98 Å². The fraction of sp³-hybridized carbons (Fsp3) is 0.471. The quantitative estimate of drug-likeness (QED) is 0.694. The van der Waals surface area contributed by atoms with Crippen molar-refractivity contribution < 1.29 is 0 Å². The van der Waals surface area contributed by atoms with E-state index in [0.717, 1.165) is 49.2 Å². The molecule has 2 atom stereocenters. The topological polar surface area (TPSA) is 75.3 Å². The van der Waals surface area contributed by atoms with Gasteiger partial charge in [-0.05, 0) is 26.0 Å². The van der Waals surface area contributed by atoms with E-state index in [1.807, 2.05) is 24.4 Å². The molecule has 0 radical (unpaired) electrons. The van der Waals surface area contributed by atoms with Crippen LogP contribution in [0.4, 0.5) is 11.6 Å². The molecule has 5 rings (SSSR count). The minimum atomic E-state index is 0.634. The summed E-state index contributed by atoms with van der Waals surface area (Å²) in [5.74, 6) is 4.02. The van der Waals surface area contributed by atoms with Crippen molar-refractivity contribution in [2.24, 2.45) is 11.8 Å². The number of hydrogen-bond donors (Lipinski definition) is 0. The van der Waals surface area contributed by atoms with Gasteiger partial charge in [0.2, 0.25) is 0 Å². The Morgan fingerprint density at radius 2 is 1.68 bits per heavy atom. The van der Waals surface area contributed by atoms with Gasteiger partial charge in [-0.2, -0.15) is 19.7 Å². The van der Waals surface area contributed by atoms with Crippen molar-refractivity contribution in [1.29, 1.82) is 0 Å². The van der Waals surface area contributed by atoms with E-state index in [1.165, 1.54) is 0 Å². The third-order valence-corrected chi connectivity index (χ3v) is 5.28. The van der Waals surface area contributed by atoms with Crippen LogP contribution in [0.25, 0.3) is 5.78 Å². The van der Waals surface area contributed by atoms with Gasteiger partial charge in [-0.3, -0.25) is 0 Å². The molecule has 2 aliphatic rings. The average Bonchev–Trinajstić information content (AvgIpc) is 3.28. The number of aromatic nitrogens is 6. The van der Waals surface area contributed by atoms with Crippen LogP contribution in [0.3, 0.4) is 0 Å². The van der Waals surface area contributed by atoms with Gasteiger partial charge in [0.05, 0.1) is 5.69 Å². The monoisotopic (exact) mass is 336 g/mol. The number of aryl methyl sites for hydroxylation is 2. The van der Waals surface area contributed by atoms with E-state index in [2.05, 4.69) is 47.2 Å². The van der Waals surface area contributed by atoms with Crippen molar-refractivity contribution in [3.8, 4) is 0 Å². The summed E-state index contributed by atoms with van der Waals surface area (Å²) in [4.78, 5) is 13.5. The second-order valence-corrected chi connectivity index (χ2v) is 7.09. The summed E-state index contributed by atoms with van der Waals surface area (Å²) in [7, 11) is 0. The summed E-state index contributed by atoms with van der Waals surface area (Å²) in [6, 6.07) is 6.21. The first kappa shape index (κ1) is 14.6. The van der Waals surface area contributed by atoms with Crippen LogP contribution in [0, 0.1) is 25.7 Å². The second kappa shape index (κ2) is 5.37. The maximum absolute atomic E-state index is 4.44. The van der Waals surface area contributed by atoms with Crippen molar-refractivity contribution in [3.63, 3.8) is 0 Å². The molecule has 0 spiro atoms. The third kappa shape index (κ3) is 2.40. The number of fused-ring (bicyclic) bond motifs is 2. The molecule has 0 amide bonds.